The molecule has 1 aliphatic carbocycles. The second-order valence-corrected chi connectivity index (χ2v) is 7.90. The topological polar surface area (TPSA) is 105 Å². The molecular formula is C24H28N2O5. The molecule has 0 heterocycles. The van der Waals surface area contributed by atoms with Gasteiger partial charge in [0, 0.05) is 5.92 Å². The molecule has 7 nitrogen and oxygen atoms in total. The first-order valence-corrected chi connectivity index (χ1v) is 10.5. The average molecular weight is 424 g/mol. The van der Waals surface area contributed by atoms with Crippen molar-refractivity contribution in [3.8, 4) is 11.1 Å². The molecule has 1 aliphatic rings. The van der Waals surface area contributed by atoms with E-state index in [0.29, 0.717) is 6.42 Å². The van der Waals surface area contributed by atoms with Gasteiger partial charge in [-0.15, -0.1) is 0 Å². The van der Waals surface area contributed by atoms with Crippen molar-refractivity contribution < 1.29 is 24.2 Å². The molecular weight excluding hydrogens is 396 g/mol. The number of carbonyl (C=O) groups excluding carboxylic acids is 2. The maximum Gasteiger partial charge on any atom is 0.407 e. The van der Waals surface area contributed by atoms with Gasteiger partial charge in [-0.3, -0.25) is 9.59 Å². The number of carbonyl (C=O) groups is 3. The van der Waals surface area contributed by atoms with Crippen LogP contribution in [-0.4, -0.2) is 41.8 Å². The molecule has 2 aromatic rings. The molecule has 2 amide bonds. The largest absolute Gasteiger partial charge is 0.480 e. The second-order valence-electron chi connectivity index (χ2n) is 7.90. The molecule has 3 N–H and O–H groups in total. The highest BCUT2D eigenvalue weighted by atomic mass is 16.5. The zero-order valence-electron chi connectivity index (χ0n) is 17.9. The Bertz CT molecular complexity index is 928. The summed E-state index contributed by atoms with van der Waals surface area (Å²) in [4.78, 5) is 36.1. The first-order valence-electron chi connectivity index (χ1n) is 10.5. The van der Waals surface area contributed by atoms with Crippen molar-refractivity contribution >= 4 is 18.0 Å². The van der Waals surface area contributed by atoms with Crippen molar-refractivity contribution in [1.82, 2.24) is 10.6 Å². The lowest BCUT2D eigenvalue weighted by atomic mass is 9.98. The van der Waals surface area contributed by atoms with Crippen LogP contribution in [0.2, 0.25) is 0 Å². The number of aliphatic carboxylic acids is 1. The number of rotatable bonds is 8. The monoisotopic (exact) mass is 424 g/mol. The molecule has 31 heavy (non-hydrogen) atoms. The van der Waals surface area contributed by atoms with Crippen LogP contribution in [0.5, 0.6) is 0 Å². The van der Waals surface area contributed by atoms with Crippen LogP contribution in [0.1, 0.15) is 44.2 Å². The fourth-order valence-electron chi connectivity index (χ4n) is 3.83. The van der Waals surface area contributed by atoms with E-state index in [-0.39, 0.29) is 18.4 Å². The predicted octanol–water partition coefficient (Wildman–Crippen LogP) is 3.53. The van der Waals surface area contributed by atoms with Gasteiger partial charge in [-0.1, -0.05) is 68.8 Å². The number of fused-ring (bicyclic) bond motifs is 3. The Kier molecular flexibility index (Phi) is 6.95. The van der Waals surface area contributed by atoms with E-state index in [1.165, 1.54) is 6.92 Å². The number of hydrogen-bond donors (Lipinski definition) is 3. The fraction of sp³-hybridized carbons (Fsp3) is 0.375. The minimum atomic E-state index is -1.14. The van der Waals surface area contributed by atoms with Crippen LogP contribution in [-0.2, 0) is 14.3 Å². The zero-order chi connectivity index (χ0) is 22.5. The molecule has 2 aromatic carbocycles. The standard InChI is InChI=1S/C24H28N2O5/c1-4-14(2)21(22(27)25-15(3)23(28)29)26-24(30)31-13-20-18-11-7-5-9-16(18)17-10-6-8-12-19(17)20/h5-12,14-15,20-21H,4,13H2,1-3H3,(H,25,27)(H,26,30)(H,28,29)/t14?,15?,21-/m0/s1. The lowest BCUT2D eigenvalue weighted by Crippen LogP contribution is -2.53. The van der Waals surface area contributed by atoms with Crippen molar-refractivity contribution in [2.75, 3.05) is 6.61 Å². The lowest BCUT2D eigenvalue weighted by molar-refractivity contribution is -0.141. The normalized spacial score (nSPS) is 15.2. The van der Waals surface area contributed by atoms with Gasteiger partial charge in [0.15, 0.2) is 0 Å². The number of carboxylic acids is 1. The minimum Gasteiger partial charge on any atom is -0.480 e. The summed E-state index contributed by atoms with van der Waals surface area (Å²) in [5, 5.41) is 14.1. The zero-order valence-corrected chi connectivity index (χ0v) is 17.9. The van der Waals surface area contributed by atoms with Crippen molar-refractivity contribution in [2.45, 2.75) is 45.2 Å². The Hall–Kier alpha value is -3.35. The Labute approximate surface area is 181 Å². The smallest absolute Gasteiger partial charge is 0.407 e. The average Bonchev–Trinajstić information content (AvgIpc) is 3.09. The van der Waals surface area contributed by atoms with E-state index in [9.17, 15) is 14.4 Å². The van der Waals surface area contributed by atoms with Gasteiger partial charge >= 0.3 is 12.1 Å². The number of nitrogens with one attached hydrogen (secondary N) is 2. The molecule has 0 aromatic heterocycles. The summed E-state index contributed by atoms with van der Waals surface area (Å²) in [7, 11) is 0. The van der Waals surface area contributed by atoms with Crippen molar-refractivity contribution in [3.05, 3.63) is 59.7 Å². The van der Waals surface area contributed by atoms with E-state index in [0.717, 1.165) is 22.3 Å². The van der Waals surface area contributed by atoms with E-state index in [2.05, 4.69) is 22.8 Å². The van der Waals surface area contributed by atoms with E-state index in [1.807, 2.05) is 50.2 Å². The van der Waals surface area contributed by atoms with E-state index < -0.39 is 30.1 Å². The van der Waals surface area contributed by atoms with Crippen LogP contribution in [0, 0.1) is 5.92 Å². The van der Waals surface area contributed by atoms with Crippen molar-refractivity contribution in [3.63, 3.8) is 0 Å². The summed E-state index contributed by atoms with van der Waals surface area (Å²) in [6, 6.07) is 14.1. The molecule has 0 fully saturated rings. The number of ether oxygens (including phenoxy) is 1. The van der Waals surface area contributed by atoms with E-state index >= 15 is 0 Å². The lowest BCUT2D eigenvalue weighted by Gasteiger charge is -2.24. The summed E-state index contributed by atoms with van der Waals surface area (Å²) in [5.74, 6) is -1.96. The molecule has 0 saturated heterocycles. The van der Waals surface area contributed by atoms with Gasteiger partial charge in [0.1, 0.15) is 18.7 Å². The quantitative estimate of drug-likeness (QED) is 0.601. The van der Waals surface area contributed by atoms with Crippen LogP contribution in [0.15, 0.2) is 48.5 Å². The maximum atomic E-state index is 12.5. The van der Waals surface area contributed by atoms with Crippen LogP contribution >= 0.6 is 0 Å². The second kappa shape index (κ2) is 9.64. The Morgan fingerprint density at radius 2 is 1.52 bits per heavy atom. The SMILES string of the molecule is CCC(C)[C@H](NC(=O)OCC1c2ccccc2-c2ccccc21)C(=O)NC(C)C(=O)O. The molecule has 0 spiro atoms. The molecule has 3 rings (SSSR count). The fourth-order valence-corrected chi connectivity index (χ4v) is 3.83. The van der Waals surface area contributed by atoms with Crippen LogP contribution < -0.4 is 10.6 Å². The molecule has 0 aliphatic heterocycles. The summed E-state index contributed by atoms with van der Waals surface area (Å²) in [6.45, 7) is 5.23. The highest BCUT2D eigenvalue weighted by Gasteiger charge is 2.31. The van der Waals surface area contributed by atoms with E-state index in [4.69, 9.17) is 9.84 Å². The summed E-state index contributed by atoms with van der Waals surface area (Å²) in [5.41, 5.74) is 4.46. The molecule has 2 unspecified atom stereocenters. The predicted molar refractivity (Wildman–Crippen MR) is 117 cm³/mol. The van der Waals surface area contributed by atoms with Crippen LogP contribution in [0.3, 0.4) is 0 Å². The van der Waals surface area contributed by atoms with Crippen molar-refractivity contribution in [2.24, 2.45) is 5.92 Å². The summed E-state index contributed by atoms with van der Waals surface area (Å²) < 4.78 is 5.52. The van der Waals surface area contributed by atoms with Gasteiger partial charge in [0.05, 0.1) is 0 Å². The highest BCUT2D eigenvalue weighted by molar-refractivity contribution is 5.89. The molecule has 164 valence electrons. The van der Waals surface area contributed by atoms with Gasteiger partial charge in [0.25, 0.3) is 0 Å². The molecule has 0 bridgehead atoms. The maximum absolute atomic E-state index is 12.5. The number of alkyl carbamates (subject to hydrolysis) is 1. The van der Waals surface area contributed by atoms with Gasteiger partial charge in [-0.25, -0.2) is 4.79 Å². The minimum absolute atomic E-state index is 0.0824. The van der Waals surface area contributed by atoms with Crippen LogP contribution in [0.4, 0.5) is 4.79 Å². The molecule has 0 radical (unpaired) electrons. The Morgan fingerprint density at radius 3 is 2.03 bits per heavy atom. The summed E-state index contributed by atoms with van der Waals surface area (Å²) >= 11 is 0. The first-order chi connectivity index (χ1) is 14.8. The van der Waals surface area contributed by atoms with E-state index in [1.54, 1.807) is 0 Å². The van der Waals surface area contributed by atoms with Gasteiger partial charge < -0.3 is 20.5 Å². The number of benzene rings is 2. The molecule has 0 saturated carbocycles. The van der Waals surface area contributed by atoms with Crippen molar-refractivity contribution in [1.29, 1.82) is 0 Å². The highest BCUT2D eigenvalue weighted by Crippen LogP contribution is 2.44. The van der Waals surface area contributed by atoms with Crippen LogP contribution in [0.25, 0.3) is 11.1 Å². The first kappa shape index (κ1) is 22.3. The molecule has 3 atom stereocenters. The van der Waals surface area contributed by atoms with Gasteiger partial charge in [0.2, 0.25) is 5.91 Å². The van der Waals surface area contributed by atoms with Gasteiger partial charge in [-0.05, 0) is 35.1 Å². The Morgan fingerprint density at radius 1 is 0.968 bits per heavy atom. The third kappa shape index (κ3) is 4.87. The third-order valence-corrected chi connectivity index (χ3v) is 5.84. The van der Waals surface area contributed by atoms with Gasteiger partial charge in [-0.2, -0.15) is 0 Å². The number of amides is 2. The number of carboxylic acid groups (broad SMARTS) is 1. The Balaban J connectivity index is 1.68. The molecule has 7 heteroatoms. The third-order valence-electron chi connectivity index (χ3n) is 5.84. The summed E-state index contributed by atoms with van der Waals surface area (Å²) in [6.07, 6.45) is -0.0753. The number of hydrogen-bond acceptors (Lipinski definition) is 4.